The Morgan fingerprint density at radius 1 is 0.600 bits per heavy atom. The van der Waals surface area contributed by atoms with Gasteiger partial charge in [-0.2, -0.15) is 0 Å². The molecule has 0 radical (unpaired) electrons. The first-order valence-electron chi connectivity index (χ1n) is 13.3. The summed E-state index contributed by atoms with van der Waals surface area (Å²) in [4.78, 5) is 5.02. The van der Waals surface area contributed by atoms with Gasteiger partial charge in [0.25, 0.3) is 0 Å². The van der Waals surface area contributed by atoms with Crippen LogP contribution in [0.2, 0.25) is 0 Å². The van der Waals surface area contributed by atoms with Crippen molar-refractivity contribution in [2.45, 2.75) is 6.04 Å². The van der Waals surface area contributed by atoms with E-state index in [0.29, 0.717) is 12.5 Å². The molecule has 5 aromatic rings. The van der Waals surface area contributed by atoms with E-state index in [1.54, 1.807) is 14.2 Å². The average Bonchev–Trinajstić information content (AvgIpc) is 3.53. The standard InChI is InChI=1S/C35H30NO3P/c1-37-26-16-20-28(21-17-26)40(29-22-18-27(38-2)19-23-29)34-15-9-8-13-31(34)30-12-6-7-14-32(30)35-36-33(24-39-35)25-10-4-3-5-11-25/h3-23,33H,24H2,1-2H3. The van der Waals surface area contributed by atoms with Crippen molar-refractivity contribution in [3.8, 4) is 22.6 Å². The Hall–Kier alpha value is -4.40. The lowest BCUT2D eigenvalue weighted by molar-refractivity contribution is 0.320. The maximum Gasteiger partial charge on any atom is 0.217 e. The summed E-state index contributed by atoms with van der Waals surface area (Å²) in [6.07, 6.45) is 0. The molecule has 0 spiro atoms. The van der Waals surface area contributed by atoms with Gasteiger partial charge in [0.1, 0.15) is 24.1 Å². The number of nitrogens with zero attached hydrogens (tertiary/aromatic N) is 1. The van der Waals surface area contributed by atoms with Gasteiger partial charge in [0.05, 0.1) is 14.2 Å². The van der Waals surface area contributed by atoms with Gasteiger partial charge in [0.15, 0.2) is 0 Å². The van der Waals surface area contributed by atoms with Crippen LogP contribution in [0.4, 0.5) is 0 Å². The molecule has 1 aliphatic rings. The summed E-state index contributed by atoms with van der Waals surface area (Å²) >= 11 is 0. The Kier molecular flexibility index (Phi) is 7.61. The summed E-state index contributed by atoms with van der Waals surface area (Å²) in [7, 11) is 2.51. The topological polar surface area (TPSA) is 40.0 Å². The van der Waals surface area contributed by atoms with Crippen LogP contribution < -0.4 is 25.4 Å². The minimum absolute atomic E-state index is 0.00442. The molecule has 6 rings (SSSR count). The molecule has 5 aromatic carbocycles. The van der Waals surface area contributed by atoms with Crippen molar-refractivity contribution in [2.75, 3.05) is 20.8 Å². The van der Waals surface area contributed by atoms with Crippen molar-refractivity contribution in [1.82, 2.24) is 0 Å². The van der Waals surface area contributed by atoms with E-state index in [2.05, 4.69) is 84.9 Å². The van der Waals surface area contributed by atoms with E-state index in [9.17, 15) is 0 Å². The van der Waals surface area contributed by atoms with Crippen molar-refractivity contribution >= 4 is 29.7 Å². The largest absolute Gasteiger partial charge is 0.497 e. The molecule has 0 saturated carbocycles. The minimum atomic E-state index is -0.887. The zero-order chi connectivity index (χ0) is 27.3. The zero-order valence-electron chi connectivity index (χ0n) is 22.5. The van der Waals surface area contributed by atoms with E-state index >= 15 is 0 Å². The van der Waals surface area contributed by atoms with Gasteiger partial charge >= 0.3 is 0 Å². The first-order valence-corrected chi connectivity index (χ1v) is 14.6. The van der Waals surface area contributed by atoms with Crippen molar-refractivity contribution in [3.05, 3.63) is 139 Å². The lowest BCUT2D eigenvalue weighted by Gasteiger charge is -2.23. The van der Waals surface area contributed by atoms with E-state index in [0.717, 1.165) is 28.2 Å². The molecule has 0 N–H and O–H groups in total. The third-order valence-corrected chi connectivity index (χ3v) is 9.59. The summed E-state index contributed by atoms with van der Waals surface area (Å²) in [5.41, 5.74) is 4.45. The summed E-state index contributed by atoms with van der Waals surface area (Å²) in [6.45, 7) is 0.541. The number of rotatable bonds is 8. The monoisotopic (exact) mass is 543 g/mol. The molecule has 40 heavy (non-hydrogen) atoms. The summed E-state index contributed by atoms with van der Waals surface area (Å²) < 4.78 is 17.1. The van der Waals surface area contributed by atoms with Crippen LogP contribution in [0.3, 0.4) is 0 Å². The van der Waals surface area contributed by atoms with Crippen LogP contribution in [0, 0.1) is 0 Å². The van der Waals surface area contributed by atoms with Gasteiger partial charge in [-0.05, 0) is 70.9 Å². The van der Waals surface area contributed by atoms with Crippen LogP contribution >= 0.6 is 7.92 Å². The van der Waals surface area contributed by atoms with Gasteiger partial charge in [-0.15, -0.1) is 0 Å². The Labute approximate surface area is 236 Å². The maximum atomic E-state index is 6.22. The molecule has 0 aliphatic carbocycles. The molecule has 1 unspecified atom stereocenters. The molecule has 0 amide bonds. The average molecular weight is 544 g/mol. The predicted octanol–water partition coefficient (Wildman–Crippen LogP) is 6.65. The molecule has 0 fully saturated rings. The number of ether oxygens (including phenoxy) is 3. The van der Waals surface area contributed by atoms with E-state index in [1.165, 1.54) is 21.5 Å². The fourth-order valence-corrected chi connectivity index (χ4v) is 7.48. The van der Waals surface area contributed by atoms with Crippen LogP contribution in [0.1, 0.15) is 17.2 Å². The molecule has 0 aromatic heterocycles. The van der Waals surface area contributed by atoms with E-state index in [4.69, 9.17) is 19.2 Å². The zero-order valence-corrected chi connectivity index (χ0v) is 23.4. The molecule has 4 nitrogen and oxygen atoms in total. The lowest BCUT2D eigenvalue weighted by atomic mass is 9.99. The van der Waals surface area contributed by atoms with E-state index < -0.39 is 7.92 Å². The highest BCUT2D eigenvalue weighted by Gasteiger charge is 2.26. The van der Waals surface area contributed by atoms with Gasteiger partial charge in [-0.3, -0.25) is 0 Å². The minimum Gasteiger partial charge on any atom is -0.497 e. The van der Waals surface area contributed by atoms with Gasteiger partial charge in [-0.25, -0.2) is 4.99 Å². The molecular formula is C35H30NO3P. The summed E-state index contributed by atoms with van der Waals surface area (Å²) in [6, 6.07) is 44.3. The van der Waals surface area contributed by atoms with Crippen LogP contribution in [0.5, 0.6) is 11.5 Å². The highest BCUT2D eigenvalue weighted by Crippen LogP contribution is 2.39. The number of hydrogen-bond acceptors (Lipinski definition) is 4. The first-order chi connectivity index (χ1) is 19.7. The van der Waals surface area contributed by atoms with Crippen molar-refractivity contribution in [3.63, 3.8) is 0 Å². The Bertz CT molecular complexity index is 1570. The quantitative estimate of drug-likeness (QED) is 0.206. The van der Waals surface area contributed by atoms with Gasteiger partial charge < -0.3 is 14.2 Å². The fourth-order valence-electron chi connectivity index (χ4n) is 5.06. The predicted molar refractivity (Wildman–Crippen MR) is 165 cm³/mol. The van der Waals surface area contributed by atoms with Gasteiger partial charge in [0.2, 0.25) is 5.90 Å². The van der Waals surface area contributed by atoms with Crippen molar-refractivity contribution in [2.24, 2.45) is 4.99 Å². The number of aliphatic imine (C=N–C) groups is 1. The smallest absolute Gasteiger partial charge is 0.217 e. The highest BCUT2D eigenvalue weighted by molar-refractivity contribution is 7.80. The second-order valence-corrected chi connectivity index (χ2v) is 11.7. The number of hydrogen-bond donors (Lipinski definition) is 0. The van der Waals surface area contributed by atoms with Crippen LogP contribution in [-0.4, -0.2) is 26.7 Å². The number of benzene rings is 5. The van der Waals surface area contributed by atoms with Gasteiger partial charge in [0, 0.05) is 5.56 Å². The highest BCUT2D eigenvalue weighted by atomic mass is 31.1. The van der Waals surface area contributed by atoms with E-state index in [1.807, 2.05) is 42.5 Å². The third kappa shape index (κ3) is 5.23. The Morgan fingerprint density at radius 2 is 1.12 bits per heavy atom. The van der Waals surface area contributed by atoms with Crippen molar-refractivity contribution < 1.29 is 14.2 Å². The van der Waals surface area contributed by atoms with Crippen LogP contribution in [0.15, 0.2) is 132 Å². The molecule has 5 heteroatoms. The molecule has 1 atom stereocenters. The first kappa shape index (κ1) is 25.9. The summed E-state index contributed by atoms with van der Waals surface area (Å²) in [5.74, 6) is 2.38. The molecular weight excluding hydrogens is 513 g/mol. The molecule has 198 valence electrons. The normalized spacial score (nSPS) is 14.5. The second-order valence-electron chi connectivity index (χ2n) is 9.47. The summed E-state index contributed by atoms with van der Waals surface area (Å²) in [5, 5.41) is 3.74. The lowest BCUT2D eigenvalue weighted by Crippen LogP contribution is -2.22. The molecule has 1 aliphatic heterocycles. The van der Waals surface area contributed by atoms with Gasteiger partial charge in [-0.1, -0.05) is 97.1 Å². The maximum absolute atomic E-state index is 6.22. The SMILES string of the molecule is COc1ccc(P(c2ccc(OC)cc2)c2ccccc2-c2ccccc2C2=NC(c3ccccc3)CO2)cc1. The fraction of sp³-hybridized carbons (Fsp3) is 0.114. The molecule has 0 saturated heterocycles. The molecule has 0 bridgehead atoms. The van der Waals surface area contributed by atoms with Crippen molar-refractivity contribution in [1.29, 1.82) is 0 Å². The Morgan fingerprint density at radius 3 is 1.73 bits per heavy atom. The third-order valence-electron chi connectivity index (χ3n) is 7.09. The molecule has 1 heterocycles. The number of methoxy groups -OCH3 is 2. The second kappa shape index (κ2) is 11.8. The Balaban J connectivity index is 1.47. The van der Waals surface area contributed by atoms with Crippen LogP contribution in [0.25, 0.3) is 11.1 Å². The van der Waals surface area contributed by atoms with E-state index in [-0.39, 0.29) is 6.04 Å². The van der Waals surface area contributed by atoms with Crippen LogP contribution in [-0.2, 0) is 4.74 Å².